The molecule has 0 amide bonds. The van der Waals surface area contributed by atoms with Gasteiger partial charge in [0.1, 0.15) is 11.6 Å². The lowest BCUT2D eigenvalue weighted by Gasteiger charge is -2.35. The average molecular weight is 418 g/mol. The summed E-state index contributed by atoms with van der Waals surface area (Å²) in [5, 5.41) is 9.54. The second-order valence-corrected chi connectivity index (χ2v) is 7.98. The molecule has 1 aliphatic heterocycles. The van der Waals surface area contributed by atoms with E-state index in [1.165, 1.54) is 12.1 Å². The highest BCUT2D eigenvalue weighted by Crippen LogP contribution is 2.24. The van der Waals surface area contributed by atoms with E-state index in [4.69, 9.17) is 21.4 Å². The smallest absolute Gasteiger partial charge is 0.309 e. The number of carboxylic acid groups (broad SMARTS) is 1. The Morgan fingerprint density at radius 1 is 1.24 bits per heavy atom. The van der Waals surface area contributed by atoms with Crippen LogP contribution < -0.4 is 4.74 Å². The molecule has 6 heteroatoms. The van der Waals surface area contributed by atoms with Gasteiger partial charge in [-0.1, -0.05) is 36.7 Å². The molecule has 0 spiro atoms. The fourth-order valence-corrected chi connectivity index (χ4v) is 3.43. The van der Waals surface area contributed by atoms with Crippen molar-refractivity contribution in [2.24, 2.45) is 11.8 Å². The third kappa shape index (κ3) is 6.31. The van der Waals surface area contributed by atoms with Crippen molar-refractivity contribution in [1.29, 1.82) is 0 Å². The molecule has 1 aliphatic rings. The van der Waals surface area contributed by atoms with E-state index in [2.05, 4.69) is 6.92 Å². The van der Waals surface area contributed by atoms with Crippen LogP contribution in [0, 0.1) is 17.7 Å². The summed E-state index contributed by atoms with van der Waals surface area (Å²) >= 11 is 6.36. The highest BCUT2D eigenvalue weighted by molar-refractivity contribution is 6.48. The molecule has 0 saturated carbocycles. The number of nitrogens with zero attached hydrogens (tertiary/aromatic N) is 1. The quantitative estimate of drug-likeness (QED) is 0.643. The normalized spacial score (nSPS) is 16.3. The Bertz CT molecular complexity index is 845. The third-order valence-corrected chi connectivity index (χ3v) is 5.37. The number of hydrogen-bond acceptors (Lipinski definition) is 3. The average Bonchev–Trinajstić information content (AvgIpc) is 2.67. The van der Waals surface area contributed by atoms with Gasteiger partial charge in [-0.15, -0.1) is 0 Å². The van der Waals surface area contributed by atoms with E-state index in [0.717, 1.165) is 23.3 Å². The Kier molecular flexibility index (Phi) is 7.29. The van der Waals surface area contributed by atoms with Gasteiger partial charge in [-0.2, -0.15) is 0 Å². The first-order valence-corrected chi connectivity index (χ1v) is 10.1. The number of carbonyl (C=O) groups is 1. The molecule has 1 heterocycles. The van der Waals surface area contributed by atoms with Crippen molar-refractivity contribution in [3.63, 3.8) is 0 Å². The van der Waals surface area contributed by atoms with Crippen molar-refractivity contribution < 1.29 is 19.0 Å². The SMILES string of the molecule is C[C@H](COc1ccc(/C(Cl)=C\CN2CC(C(=O)O)C2)cc1)Cc1ccc(F)cc1. The third-order valence-electron chi connectivity index (χ3n) is 5.00. The summed E-state index contributed by atoms with van der Waals surface area (Å²) in [5.41, 5.74) is 1.99. The predicted octanol–water partition coefficient (Wildman–Crippen LogP) is 4.68. The molecule has 29 heavy (non-hydrogen) atoms. The van der Waals surface area contributed by atoms with Gasteiger partial charge in [-0.3, -0.25) is 9.69 Å². The molecule has 1 atom stereocenters. The summed E-state index contributed by atoms with van der Waals surface area (Å²) in [6, 6.07) is 14.2. The fraction of sp³-hybridized carbons (Fsp3) is 0.348. The van der Waals surface area contributed by atoms with Gasteiger partial charge in [0, 0.05) is 24.7 Å². The van der Waals surface area contributed by atoms with Gasteiger partial charge in [0.15, 0.2) is 0 Å². The summed E-state index contributed by atoms with van der Waals surface area (Å²) in [6.45, 7) is 4.45. The van der Waals surface area contributed by atoms with Crippen molar-refractivity contribution in [3.05, 3.63) is 71.6 Å². The largest absolute Gasteiger partial charge is 0.493 e. The van der Waals surface area contributed by atoms with Gasteiger partial charge in [0.25, 0.3) is 0 Å². The van der Waals surface area contributed by atoms with E-state index in [1.807, 2.05) is 35.2 Å². The number of hydrogen-bond donors (Lipinski definition) is 1. The van der Waals surface area contributed by atoms with Crippen LogP contribution in [0.1, 0.15) is 18.1 Å². The first kappa shape index (κ1) is 21.3. The lowest BCUT2D eigenvalue weighted by molar-refractivity contribution is -0.147. The molecule has 0 aliphatic carbocycles. The molecule has 0 aromatic heterocycles. The molecular weight excluding hydrogens is 393 g/mol. The summed E-state index contributed by atoms with van der Waals surface area (Å²) in [4.78, 5) is 12.9. The number of rotatable bonds is 9. The van der Waals surface area contributed by atoms with E-state index in [1.54, 1.807) is 12.1 Å². The van der Waals surface area contributed by atoms with Crippen LogP contribution in [0.4, 0.5) is 4.39 Å². The molecule has 0 bridgehead atoms. The van der Waals surface area contributed by atoms with Crippen LogP contribution in [0.25, 0.3) is 5.03 Å². The van der Waals surface area contributed by atoms with Gasteiger partial charge in [-0.05, 0) is 59.9 Å². The maximum Gasteiger partial charge on any atom is 0.309 e. The zero-order valence-electron chi connectivity index (χ0n) is 16.4. The van der Waals surface area contributed by atoms with Crippen LogP contribution in [0.3, 0.4) is 0 Å². The minimum Gasteiger partial charge on any atom is -0.493 e. The second-order valence-electron chi connectivity index (χ2n) is 7.58. The number of aliphatic carboxylic acids is 1. The standard InChI is InChI=1S/C23H25ClFNO3/c1-16(12-17-2-6-20(25)7-3-17)15-29-21-8-4-18(5-9-21)22(24)10-11-26-13-19(14-26)23(27)28/h2-10,16,19H,11-15H2,1H3,(H,27,28)/b22-10+/t16-/m0/s1. The zero-order chi connectivity index (χ0) is 20.8. The van der Waals surface area contributed by atoms with Crippen LogP contribution in [0.2, 0.25) is 0 Å². The number of ether oxygens (including phenoxy) is 1. The van der Waals surface area contributed by atoms with E-state index in [0.29, 0.717) is 37.2 Å². The summed E-state index contributed by atoms with van der Waals surface area (Å²) in [7, 11) is 0. The first-order chi connectivity index (χ1) is 13.9. The van der Waals surface area contributed by atoms with Crippen LogP contribution in [0.5, 0.6) is 5.75 Å². The number of benzene rings is 2. The summed E-state index contributed by atoms with van der Waals surface area (Å²) in [5.74, 6) is -0.145. The molecule has 3 rings (SSSR count). The molecule has 2 aromatic rings. The summed E-state index contributed by atoms with van der Waals surface area (Å²) < 4.78 is 18.8. The highest BCUT2D eigenvalue weighted by atomic mass is 35.5. The zero-order valence-corrected chi connectivity index (χ0v) is 17.1. The van der Waals surface area contributed by atoms with Gasteiger partial charge in [0.2, 0.25) is 0 Å². The lowest BCUT2D eigenvalue weighted by Crippen LogP contribution is -2.50. The van der Waals surface area contributed by atoms with Crippen LogP contribution >= 0.6 is 11.6 Å². The molecule has 4 nitrogen and oxygen atoms in total. The molecule has 1 fully saturated rings. The summed E-state index contributed by atoms with van der Waals surface area (Å²) in [6.07, 6.45) is 2.73. The number of carboxylic acids is 1. The monoisotopic (exact) mass is 417 g/mol. The van der Waals surface area contributed by atoms with Crippen molar-refractivity contribution in [3.8, 4) is 5.75 Å². The highest BCUT2D eigenvalue weighted by Gasteiger charge is 2.31. The maximum atomic E-state index is 13.0. The second kappa shape index (κ2) is 9.90. The van der Waals surface area contributed by atoms with E-state index in [-0.39, 0.29) is 11.7 Å². The molecule has 2 aromatic carbocycles. The molecule has 1 saturated heterocycles. The van der Waals surface area contributed by atoms with Gasteiger partial charge in [-0.25, -0.2) is 4.39 Å². The van der Waals surface area contributed by atoms with E-state index < -0.39 is 5.97 Å². The molecule has 0 radical (unpaired) electrons. The van der Waals surface area contributed by atoms with E-state index >= 15 is 0 Å². The van der Waals surface area contributed by atoms with Gasteiger partial charge < -0.3 is 9.84 Å². The molecule has 0 unspecified atom stereocenters. The topological polar surface area (TPSA) is 49.8 Å². The van der Waals surface area contributed by atoms with Crippen molar-refractivity contribution in [2.75, 3.05) is 26.2 Å². The number of likely N-dealkylation sites (tertiary alicyclic amines) is 1. The lowest BCUT2D eigenvalue weighted by atomic mass is 10.0. The molecule has 154 valence electrons. The predicted molar refractivity (Wildman–Crippen MR) is 113 cm³/mol. The van der Waals surface area contributed by atoms with Gasteiger partial charge >= 0.3 is 5.97 Å². The minimum atomic E-state index is -0.737. The Morgan fingerprint density at radius 3 is 2.52 bits per heavy atom. The fourth-order valence-electron chi connectivity index (χ4n) is 3.23. The van der Waals surface area contributed by atoms with Crippen molar-refractivity contribution in [1.82, 2.24) is 4.90 Å². The van der Waals surface area contributed by atoms with Gasteiger partial charge in [0.05, 0.1) is 12.5 Å². The minimum absolute atomic E-state index is 0.222. The molecule has 1 N–H and O–H groups in total. The molecular formula is C23H25ClFNO3. The number of halogens is 2. The van der Waals surface area contributed by atoms with E-state index in [9.17, 15) is 9.18 Å². The Labute approximate surface area is 175 Å². The van der Waals surface area contributed by atoms with Crippen LogP contribution in [0.15, 0.2) is 54.6 Å². The Hall–Kier alpha value is -2.37. The van der Waals surface area contributed by atoms with Crippen molar-refractivity contribution in [2.45, 2.75) is 13.3 Å². The van der Waals surface area contributed by atoms with Crippen LogP contribution in [-0.4, -0.2) is 42.2 Å². The van der Waals surface area contributed by atoms with Crippen LogP contribution in [-0.2, 0) is 11.2 Å². The van der Waals surface area contributed by atoms with Crippen molar-refractivity contribution >= 4 is 22.6 Å². The Morgan fingerprint density at radius 2 is 1.90 bits per heavy atom. The Balaban J connectivity index is 1.44. The first-order valence-electron chi connectivity index (χ1n) is 9.69. The maximum absolute atomic E-state index is 13.0.